The molecule has 2 nitrogen and oxygen atoms in total. The lowest BCUT2D eigenvalue weighted by Gasteiger charge is -2.31. The van der Waals surface area contributed by atoms with Crippen molar-refractivity contribution >= 4 is 15.9 Å². The van der Waals surface area contributed by atoms with Crippen molar-refractivity contribution in [3.63, 3.8) is 0 Å². The fourth-order valence-corrected chi connectivity index (χ4v) is 3.69. The van der Waals surface area contributed by atoms with E-state index in [9.17, 15) is 0 Å². The molecule has 2 atom stereocenters. The molecule has 0 saturated carbocycles. The Morgan fingerprint density at radius 3 is 1.93 bits per heavy atom. The van der Waals surface area contributed by atoms with Gasteiger partial charge in [-0.3, -0.25) is 0 Å². The van der Waals surface area contributed by atoms with E-state index in [1.54, 1.807) is 0 Å². The molecule has 3 heteroatoms. The van der Waals surface area contributed by atoms with Gasteiger partial charge in [0.05, 0.1) is 16.0 Å². The highest BCUT2D eigenvalue weighted by Crippen LogP contribution is 2.51. The van der Waals surface area contributed by atoms with Crippen LogP contribution in [-0.4, -0.2) is 21.8 Å². The lowest BCUT2D eigenvalue weighted by molar-refractivity contribution is -0.248. The lowest BCUT2D eigenvalue weighted by Crippen LogP contribution is -2.39. The van der Waals surface area contributed by atoms with Crippen LogP contribution in [0.4, 0.5) is 0 Å². The summed E-state index contributed by atoms with van der Waals surface area (Å²) in [6, 6.07) is 0. The summed E-state index contributed by atoms with van der Waals surface area (Å²) in [5, 5.41) is 0. The molecule has 2 heterocycles. The summed E-state index contributed by atoms with van der Waals surface area (Å²) < 4.78 is 12.2. The van der Waals surface area contributed by atoms with E-state index in [1.807, 2.05) is 0 Å². The highest BCUT2D eigenvalue weighted by Gasteiger charge is 2.57. The minimum Gasteiger partial charge on any atom is -0.343 e. The van der Waals surface area contributed by atoms with Crippen LogP contribution in [0.25, 0.3) is 0 Å². The van der Waals surface area contributed by atoms with Crippen LogP contribution in [0, 0.1) is 0 Å². The van der Waals surface area contributed by atoms with Gasteiger partial charge in [0, 0.05) is 6.42 Å². The fraction of sp³-hybridized carbons (Fsp3) is 1.00. The van der Waals surface area contributed by atoms with E-state index in [2.05, 4.69) is 43.6 Å². The van der Waals surface area contributed by atoms with Crippen LogP contribution in [0.5, 0.6) is 0 Å². The van der Waals surface area contributed by atoms with Gasteiger partial charge in [-0.1, -0.05) is 15.9 Å². The van der Waals surface area contributed by atoms with Crippen LogP contribution in [0.1, 0.15) is 47.0 Å². The highest BCUT2D eigenvalue weighted by molar-refractivity contribution is 9.09. The maximum absolute atomic E-state index is 6.08. The summed E-state index contributed by atoms with van der Waals surface area (Å²) in [6.07, 6.45) is 3.09. The van der Waals surface area contributed by atoms with Gasteiger partial charge in [-0.05, 0) is 40.5 Å². The SMILES string of the molecule is CC1(C)CC[C@@]2(O1)OC(C)(C)C[C@H]2Br. The number of ether oxygens (including phenoxy) is 2. The number of hydrogen-bond acceptors (Lipinski definition) is 2. The zero-order chi connectivity index (χ0) is 10.6. The number of rotatable bonds is 0. The molecule has 2 saturated heterocycles. The Hall–Kier alpha value is 0.400. The van der Waals surface area contributed by atoms with E-state index in [0.29, 0.717) is 4.83 Å². The molecule has 2 rings (SSSR count). The smallest absolute Gasteiger partial charge is 0.182 e. The second-order valence-corrected chi connectivity index (χ2v) is 6.81. The van der Waals surface area contributed by atoms with Crippen molar-refractivity contribution in [1.29, 1.82) is 0 Å². The van der Waals surface area contributed by atoms with Gasteiger partial charge < -0.3 is 9.47 Å². The van der Waals surface area contributed by atoms with Crippen molar-refractivity contribution in [2.24, 2.45) is 0 Å². The van der Waals surface area contributed by atoms with Crippen molar-refractivity contribution in [3.05, 3.63) is 0 Å². The molecular formula is C11H19BrO2. The standard InChI is InChI=1S/C11H19BrO2/c1-9(2)5-6-11(13-9)8(12)7-10(3,4)14-11/h8H,5-7H2,1-4H3/t8-,11-/m1/s1. The zero-order valence-electron chi connectivity index (χ0n) is 9.39. The van der Waals surface area contributed by atoms with Gasteiger partial charge in [-0.15, -0.1) is 0 Å². The van der Waals surface area contributed by atoms with E-state index in [-0.39, 0.29) is 17.0 Å². The Labute approximate surface area is 94.5 Å². The van der Waals surface area contributed by atoms with Crippen LogP contribution in [0.3, 0.4) is 0 Å². The van der Waals surface area contributed by atoms with Gasteiger partial charge in [-0.2, -0.15) is 0 Å². The Morgan fingerprint density at radius 2 is 1.57 bits per heavy atom. The molecule has 2 aliphatic rings. The summed E-state index contributed by atoms with van der Waals surface area (Å²) >= 11 is 3.70. The lowest BCUT2D eigenvalue weighted by atomic mass is 10.0. The summed E-state index contributed by atoms with van der Waals surface area (Å²) in [7, 11) is 0. The van der Waals surface area contributed by atoms with Crippen LogP contribution in [0.2, 0.25) is 0 Å². The molecule has 0 unspecified atom stereocenters. The van der Waals surface area contributed by atoms with Gasteiger partial charge >= 0.3 is 0 Å². The van der Waals surface area contributed by atoms with Gasteiger partial charge in [0.15, 0.2) is 5.79 Å². The molecule has 0 aliphatic carbocycles. The third-order valence-corrected chi connectivity index (χ3v) is 4.14. The summed E-state index contributed by atoms with van der Waals surface area (Å²) in [6.45, 7) is 8.53. The first-order chi connectivity index (χ1) is 6.25. The maximum Gasteiger partial charge on any atom is 0.182 e. The van der Waals surface area contributed by atoms with E-state index < -0.39 is 0 Å². The molecule has 0 aromatic heterocycles. The van der Waals surface area contributed by atoms with Gasteiger partial charge in [0.2, 0.25) is 0 Å². The van der Waals surface area contributed by atoms with E-state index in [4.69, 9.17) is 9.47 Å². The molecule has 0 bridgehead atoms. The average molecular weight is 263 g/mol. The van der Waals surface area contributed by atoms with Crippen molar-refractivity contribution in [2.45, 2.75) is 68.8 Å². The Morgan fingerprint density at radius 1 is 1.00 bits per heavy atom. The van der Waals surface area contributed by atoms with E-state index >= 15 is 0 Å². The number of hydrogen-bond donors (Lipinski definition) is 0. The van der Waals surface area contributed by atoms with E-state index in [1.165, 1.54) is 0 Å². The summed E-state index contributed by atoms with van der Waals surface area (Å²) in [4.78, 5) is 0.326. The zero-order valence-corrected chi connectivity index (χ0v) is 11.0. The van der Waals surface area contributed by atoms with Crippen LogP contribution in [-0.2, 0) is 9.47 Å². The quantitative estimate of drug-likeness (QED) is 0.625. The average Bonchev–Trinajstić information content (AvgIpc) is 2.34. The number of halogens is 1. The molecule has 0 aromatic rings. The first-order valence-electron chi connectivity index (χ1n) is 5.29. The second kappa shape index (κ2) is 2.96. The molecule has 82 valence electrons. The Bertz CT molecular complexity index is 246. The van der Waals surface area contributed by atoms with Crippen molar-refractivity contribution in [1.82, 2.24) is 0 Å². The first-order valence-corrected chi connectivity index (χ1v) is 6.21. The topological polar surface area (TPSA) is 18.5 Å². The van der Waals surface area contributed by atoms with Gasteiger partial charge in [0.1, 0.15) is 0 Å². The highest BCUT2D eigenvalue weighted by atomic mass is 79.9. The molecule has 2 aliphatic heterocycles. The molecular weight excluding hydrogens is 244 g/mol. The van der Waals surface area contributed by atoms with Crippen LogP contribution in [0.15, 0.2) is 0 Å². The van der Waals surface area contributed by atoms with Crippen molar-refractivity contribution in [3.8, 4) is 0 Å². The van der Waals surface area contributed by atoms with Crippen molar-refractivity contribution < 1.29 is 9.47 Å². The summed E-state index contributed by atoms with van der Waals surface area (Å²) in [5.41, 5.74) is -0.0962. The van der Waals surface area contributed by atoms with Gasteiger partial charge in [-0.25, -0.2) is 0 Å². The second-order valence-electron chi connectivity index (χ2n) is 5.71. The molecule has 0 aromatic carbocycles. The first kappa shape index (κ1) is 10.9. The van der Waals surface area contributed by atoms with Crippen molar-refractivity contribution in [2.75, 3.05) is 0 Å². The monoisotopic (exact) mass is 262 g/mol. The Kier molecular flexibility index (Phi) is 2.30. The molecule has 0 amide bonds. The van der Waals surface area contributed by atoms with E-state index in [0.717, 1.165) is 19.3 Å². The summed E-state index contributed by atoms with van der Waals surface area (Å²) in [5.74, 6) is -0.368. The van der Waals surface area contributed by atoms with Crippen LogP contribution >= 0.6 is 15.9 Å². The molecule has 2 fully saturated rings. The number of alkyl halides is 1. The minimum absolute atomic E-state index is 0.0353. The molecule has 0 N–H and O–H groups in total. The molecule has 0 radical (unpaired) electrons. The Balaban J connectivity index is 2.19. The largest absolute Gasteiger partial charge is 0.343 e. The molecule has 1 spiro atoms. The molecule has 14 heavy (non-hydrogen) atoms. The predicted molar refractivity (Wildman–Crippen MR) is 59.6 cm³/mol. The van der Waals surface area contributed by atoms with Crippen LogP contribution < -0.4 is 0 Å². The fourth-order valence-electron chi connectivity index (χ4n) is 2.50. The third-order valence-electron chi connectivity index (χ3n) is 3.12. The maximum atomic E-state index is 6.08. The minimum atomic E-state index is -0.368. The normalized spacial score (nSPS) is 44.8. The predicted octanol–water partition coefficient (Wildman–Crippen LogP) is 3.23. The third kappa shape index (κ3) is 1.74. The van der Waals surface area contributed by atoms with Gasteiger partial charge in [0.25, 0.3) is 0 Å².